The first kappa shape index (κ1) is 28.5. The molecule has 1 saturated heterocycles. The Morgan fingerprint density at radius 3 is 2.51 bits per heavy atom. The fourth-order valence-electron chi connectivity index (χ4n) is 4.98. The smallest absolute Gasteiger partial charge is 0.332 e. The summed E-state index contributed by atoms with van der Waals surface area (Å²) in [6, 6.07) is 18.2. The van der Waals surface area contributed by atoms with Gasteiger partial charge in [0.15, 0.2) is 0 Å². The number of carbonyl (C=O) groups is 1. The molecule has 3 aromatic rings. The van der Waals surface area contributed by atoms with Crippen LogP contribution in [0.2, 0.25) is 0 Å². The number of H-pyrrole nitrogens is 1. The van der Waals surface area contributed by atoms with E-state index in [1.54, 1.807) is 6.33 Å². The zero-order chi connectivity index (χ0) is 23.3. The zero-order valence-corrected chi connectivity index (χ0v) is 21.9. The number of aryl methyl sites for hydroxylation is 1. The minimum absolute atomic E-state index is 0. The Hall–Kier alpha value is -2.69. The van der Waals surface area contributed by atoms with Crippen LogP contribution < -0.4 is 4.48 Å². The van der Waals surface area contributed by atoms with Gasteiger partial charge in [0.1, 0.15) is 18.8 Å². The lowest BCUT2D eigenvalue weighted by Crippen LogP contribution is -2.65. The number of piperazine rings is 1. The average Bonchev–Trinajstić information content (AvgIpc) is 3.37. The molecule has 1 unspecified atom stereocenters. The molecule has 2 heterocycles. The average molecular weight is 516 g/mol. The lowest BCUT2D eigenvalue weighted by molar-refractivity contribution is -0.136. The van der Waals surface area contributed by atoms with Crippen molar-refractivity contribution in [1.29, 1.82) is 5.26 Å². The quantitative estimate of drug-likeness (QED) is 0.410. The van der Waals surface area contributed by atoms with Crippen LogP contribution in [0.25, 0.3) is 0 Å². The highest BCUT2D eigenvalue weighted by Crippen LogP contribution is 2.33. The monoisotopic (exact) mass is 514 g/mol. The molecule has 1 aliphatic rings. The predicted octanol–water partition coefficient (Wildman–Crippen LogP) is 5.37. The SMILES string of the molecule is CCCC[N@@+]1(c2ccccc2C)CCN(C(Cc2ccc(C#N)cc2)c2cnc[nH]2)CC1=O.Cl.Cl. The van der Waals surface area contributed by atoms with Crippen LogP contribution in [0.15, 0.2) is 61.1 Å². The standard InChI is InChI=1S/C27H32N5O.2ClH/c1-3-4-14-32(26-8-6-5-7-21(26)2)15-13-31(19-27(32)33)25(24-18-29-20-30-24)16-22-9-11-23(17-28)12-10-22;;/h5-12,18,20,25H,3-4,13-16,19H2,1-2H3,(H,29,30);2*1H/q+1;;/t25?,32-;;/m0../s1. The molecule has 0 radical (unpaired) electrons. The molecule has 0 spiro atoms. The molecule has 0 aliphatic carbocycles. The molecule has 1 amide bonds. The molecule has 6 nitrogen and oxygen atoms in total. The summed E-state index contributed by atoms with van der Waals surface area (Å²) in [7, 11) is 0. The number of imidazole rings is 1. The summed E-state index contributed by atoms with van der Waals surface area (Å²) in [4.78, 5) is 23.7. The van der Waals surface area contributed by atoms with Crippen molar-refractivity contribution in [2.24, 2.45) is 0 Å². The summed E-state index contributed by atoms with van der Waals surface area (Å²) in [5.41, 5.74) is 5.12. The summed E-state index contributed by atoms with van der Waals surface area (Å²) in [6.07, 6.45) is 6.39. The molecule has 2 atom stereocenters. The predicted molar refractivity (Wildman–Crippen MR) is 145 cm³/mol. The number of halogens is 2. The van der Waals surface area contributed by atoms with E-state index < -0.39 is 0 Å². The summed E-state index contributed by atoms with van der Waals surface area (Å²) in [5, 5.41) is 9.11. The summed E-state index contributed by atoms with van der Waals surface area (Å²) in [6.45, 7) is 7.13. The maximum Gasteiger partial charge on any atom is 0.332 e. The number of rotatable bonds is 8. The van der Waals surface area contributed by atoms with Crippen LogP contribution >= 0.6 is 24.8 Å². The molecule has 8 heteroatoms. The van der Waals surface area contributed by atoms with Gasteiger partial charge in [-0.15, -0.1) is 24.8 Å². The number of benzene rings is 2. The van der Waals surface area contributed by atoms with Crippen molar-refractivity contribution in [1.82, 2.24) is 19.4 Å². The number of amides is 1. The van der Waals surface area contributed by atoms with E-state index in [-0.39, 0.29) is 36.8 Å². The topological polar surface area (TPSA) is 72.8 Å². The zero-order valence-electron chi connectivity index (χ0n) is 20.3. The van der Waals surface area contributed by atoms with E-state index in [0.717, 1.165) is 55.8 Å². The van der Waals surface area contributed by atoms with E-state index in [0.29, 0.717) is 16.6 Å². The third-order valence-electron chi connectivity index (χ3n) is 6.89. The summed E-state index contributed by atoms with van der Waals surface area (Å²) < 4.78 is 0.434. The number of aromatic amines is 1. The third kappa shape index (κ3) is 6.12. The van der Waals surface area contributed by atoms with Crippen LogP contribution in [-0.2, 0) is 11.2 Å². The fraction of sp³-hybridized carbons (Fsp3) is 0.370. The first-order chi connectivity index (χ1) is 16.1. The Labute approximate surface area is 220 Å². The Kier molecular flexibility index (Phi) is 10.5. The van der Waals surface area contributed by atoms with Crippen molar-refractivity contribution in [2.45, 2.75) is 39.2 Å². The lowest BCUT2D eigenvalue weighted by atomic mass is 9.99. The Bertz CT molecular complexity index is 1130. The van der Waals surface area contributed by atoms with Gasteiger partial charge in [0.2, 0.25) is 0 Å². The molecule has 0 saturated carbocycles. The van der Waals surface area contributed by atoms with Gasteiger partial charge in [0.25, 0.3) is 0 Å². The minimum atomic E-state index is 0. The van der Waals surface area contributed by atoms with E-state index >= 15 is 0 Å². The van der Waals surface area contributed by atoms with Gasteiger partial charge in [-0.1, -0.05) is 43.7 Å². The molecule has 186 valence electrons. The maximum absolute atomic E-state index is 13.9. The Balaban J connectivity index is 0.00000216. The van der Waals surface area contributed by atoms with Gasteiger partial charge in [-0.05, 0) is 43.5 Å². The highest BCUT2D eigenvalue weighted by atomic mass is 35.5. The fourth-order valence-corrected chi connectivity index (χ4v) is 4.98. The normalized spacial score (nSPS) is 18.7. The highest BCUT2D eigenvalue weighted by Gasteiger charge is 2.45. The van der Waals surface area contributed by atoms with E-state index in [4.69, 9.17) is 5.26 Å². The number of hydrogen-bond donors (Lipinski definition) is 1. The second-order valence-corrected chi connectivity index (χ2v) is 8.95. The van der Waals surface area contributed by atoms with Gasteiger partial charge in [-0.2, -0.15) is 5.26 Å². The number of nitrogens with one attached hydrogen (secondary N) is 1. The van der Waals surface area contributed by atoms with Crippen molar-refractivity contribution in [3.05, 3.63) is 83.4 Å². The molecule has 4 rings (SSSR count). The summed E-state index contributed by atoms with van der Waals surface area (Å²) >= 11 is 0. The van der Waals surface area contributed by atoms with Crippen LogP contribution in [0.1, 0.15) is 48.2 Å². The van der Waals surface area contributed by atoms with Crippen molar-refractivity contribution < 1.29 is 4.79 Å². The number of nitriles is 1. The maximum atomic E-state index is 13.9. The Morgan fingerprint density at radius 2 is 1.91 bits per heavy atom. The second kappa shape index (κ2) is 12.9. The van der Waals surface area contributed by atoms with E-state index in [1.165, 1.54) is 5.56 Å². The molecule has 1 fully saturated rings. The van der Waals surface area contributed by atoms with Crippen LogP contribution in [0.4, 0.5) is 5.69 Å². The highest BCUT2D eigenvalue weighted by molar-refractivity contribution is 5.91. The van der Waals surface area contributed by atoms with Gasteiger partial charge in [0, 0.05) is 18.3 Å². The van der Waals surface area contributed by atoms with E-state index in [9.17, 15) is 4.79 Å². The van der Waals surface area contributed by atoms with Crippen LogP contribution in [0, 0.1) is 18.3 Å². The number of para-hydroxylation sites is 1. The van der Waals surface area contributed by atoms with Gasteiger partial charge >= 0.3 is 5.91 Å². The number of unbranched alkanes of at least 4 members (excludes halogenated alkanes) is 1. The molecule has 35 heavy (non-hydrogen) atoms. The first-order valence-electron chi connectivity index (χ1n) is 11.8. The van der Waals surface area contributed by atoms with Crippen molar-refractivity contribution in [3.63, 3.8) is 0 Å². The molecule has 0 bridgehead atoms. The number of hydrogen-bond acceptors (Lipinski definition) is 4. The number of carbonyl (C=O) groups excluding carboxylic acids is 1. The summed E-state index contributed by atoms with van der Waals surface area (Å²) in [5.74, 6) is 0.258. The van der Waals surface area contributed by atoms with Gasteiger partial charge < -0.3 is 4.98 Å². The molecule has 1 N–H and O–H groups in total. The van der Waals surface area contributed by atoms with Gasteiger partial charge in [-0.3, -0.25) is 4.90 Å². The molecular weight excluding hydrogens is 481 g/mol. The minimum Gasteiger partial charge on any atom is -0.347 e. The van der Waals surface area contributed by atoms with E-state index in [2.05, 4.69) is 46.9 Å². The number of nitrogens with zero attached hydrogens (tertiary/aromatic N) is 4. The van der Waals surface area contributed by atoms with Crippen LogP contribution in [-0.4, -0.2) is 47.0 Å². The van der Waals surface area contributed by atoms with Crippen molar-refractivity contribution in [2.75, 3.05) is 26.2 Å². The molecule has 1 aliphatic heterocycles. The molecule has 1 aromatic heterocycles. The Morgan fingerprint density at radius 1 is 1.17 bits per heavy atom. The van der Waals surface area contributed by atoms with Crippen LogP contribution in [0.3, 0.4) is 0 Å². The largest absolute Gasteiger partial charge is 0.347 e. The number of aromatic nitrogens is 2. The second-order valence-electron chi connectivity index (χ2n) is 8.95. The van der Waals surface area contributed by atoms with Gasteiger partial charge in [-0.25, -0.2) is 14.3 Å². The van der Waals surface area contributed by atoms with E-state index in [1.807, 2.05) is 42.6 Å². The molecular formula is C27H34Cl2N5O+. The van der Waals surface area contributed by atoms with Gasteiger partial charge in [0.05, 0.1) is 36.2 Å². The van der Waals surface area contributed by atoms with Crippen molar-refractivity contribution >= 4 is 36.4 Å². The van der Waals surface area contributed by atoms with Crippen molar-refractivity contribution in [3.8, 4) is 6.07 Å². The lowest BCUT2D eigenvalue weighted by Gasteiger charge is -2.44. The number of quaternary nitrogens is 1. The molecule has 2 aromatic carbocycles. The third-order valence-corrected chi connectivity index (χ3v) is 6.89. The van der Waals surface area contributed by atoms with Crippen LogP contribution in [0.5, 0.6) is 0 Å². The first-order valence-corrected chi connectivity index (χ1v) is 11.8.